The molecule has 152 valence electrons. The molecule has 0 fully saturated rings. The van der Waals surface area contributed by atoms with E-state index in [0.717, 1.165) is 17.7 Å². The molecule has 1 heterocycles. The van der Waals surface area contributed by atoms with E-state index in [1.54, 1.807) is 24.3 Å². The third-order valence-corrected chi connectivity index (χ3v) is 6.35. The van der Waals surface area contributed by atoms with Crippen molar-refractivity contribution in [3.63, 3.8) is 0 Å². The van der Waals surface area contributed by atoms with Crippen LogP contribution in [0.4, 0.5) is 5.13 Å². The zero-order valence-corrected chi connectivity index (χ0v) is 18.3. The third-order valence-electron chi connectivity index (χ3n) is 4.73. The number of carbonyl (C=O) groups is 1. The maximum atomic E-state index is 12.5. The molecule has 0 saturated carbocycles. The van der Waals surface area contributed by atoms with E-state index in [1.807, 2.05) is 5.38 Å². The van der Waals surface area contributed by atoms with Crippen molar-refractivity contribution in [3.05, 3.63) is 70.6 Å². The summed E-state index contributed by atoms with van der Waals surface area (Å²) < 4.78 is 23.0. The quantitative estimate of drug-likeness (QED) is 0.567. The molecule has 3 rings (SSSR count). The molecule has 0 aliphatic rings. The number of thiazole rings is 1. The van der Waals surface area contributed by atoms with Crippen molar-refractivity contribution in [2.24, 2.45) is 0 Å². The highest BCUT2D eigenvalue weighted by Gasteiger charge is 2.12. The summed E-state index contributed by atoms with van der Waals surface area (Å²) in [6.07, 6.45) is 2.27. The average Bonchev–Trinajstić information content (AvgIpc) is 3.15. The lowest BCUT2D eigenvalue weighted by molar-refractivity contribution is 0.102. The number of rotatable bonds is 7. The minimum atomic E-state index is -3.16. The Morgan fingerprint density at radius 3 is 2.55 bits per heavy atom. The van der Waals surface area contributed by atoms with E-state index in [1.165, 1.54) is 23.2 Å². The Labute approximate surface area is 175 Å². The molecule has 0 spiro atoms. The van der Waals surface area contributed by atoms with Gasteiger partial charge in [0, 0.05) is 22.8 Å². The number of nitrogens with one attached hydrogen (secondary N) is 1. The van der Waals surface area contributed by atoms with E-state index in [9.17, 15) is 13.2 Å². The monoisotopic (exact) mass is 428 g/mol. The van der Waals surface area contributed by atoms with Crippen LogP contribution in [0.5, 0.6) is 0 Å². The minimum Gasteiger partial charge on any atom is -0.298 e. The summed E-state index contributed by atoms with van der Waals surface area (Å²) in [4.78, 5) is 17.0. The van der Waals surface area contributed by atoms with Gasteiger partial charge in [-0.25, -0.2) is 13.4 Å². The second-order valence-corrected chi connectivity index (χ2v) is 10.2. The van der Waals surface area contributed by atoms with Crippen molar-refractivity contribution in [3.8, 4) is 11.3 Å². The fourth-order valence-electron chi connectivity index (χ4n) is 2.96. The zero-order chi connectivity index (χ0) is 21.0. The summed E-state index contributed by atoms with van der Waals surface area (Å²) in [6, 6.07) is 15.0. The highest BCUT2D eigenvalue weighted by atomic mass is 32.2. The Morgan fingerprint density at radius 2 is 1.90 bits per heavy atom. The second kappa shape index (κ2) is 8.88. The highest BCUT2D eigenvalue weighted by Crippen LogP contribution is 2.27. The standard InChI is InChI=1S/C22H24N2O3S2/c1-4-15(2)17-8-10-18(11-9-17)20-13-28-22(23-20)24-21(25)19-7-5-6-16(12-19)14-29(3,26)27/h5-13,15H,4,14H2,1-3H3,(H,23,24,25)/t15-/m1/s1. The third kappa shape index (κ3) is 5.74. The summed E-state index contributed by atoms with van der Waals surface area (Å²) in [5.74, 6) is 0.114. The number of nitrogens with zero attached hydrogens (tertiary/aromatic N) is 1. The number of anilines is 1. The lowest BCUT2D eigenvalue weighted by atomic mass is 9.97. The van der Waals surface area contributed by atoms with Crippen molar-refractivity contribution in [1.82, 2.24) is 4.98 Å². The average molecular weight is 429 g/mol. The summed E-state index contributed by atoms with van der Waals surface area (Å²) in [5.41, 5.74) is 4.10. The first-order valence-electron chi connectivity index (χ1n) is 9.39. The van der Waals surface area contributed by atoms with Crippen LogP contribution in [0, 0.1) is 0 Å². The van der Waals surface area contributed by atoms with E-state index >= 15 is 0 Å². The van der Waals surface area contributed by atoms with Gasteiger partial charge < -0.3 is 0 Å². The SMILES string of the molecule is CC[C@@H](C)c1ccc(-c2csc(NC(=O)c3cccc(CS(C)(=O)=O)c3)n2)cc1. The van der Waals surface area contributed by atoms with Gasteiger partial charge in [-0.3, -0.25) is 10.1 Å². The Bertz CT molecular complexity index is 1100. The van der Waals surface area contributed by atoms with Gasteiger partial charge in [-0.05, 0) is 35.6 Å². The van der Waals surface area contributed by atoms with Gasteiger partial charge in [0.05, 0.1) is 11.4 Å². The Hall–Kier alpha value is -2.51. The van der Waals surface area contributed by atoms with Crippen molar-refractivity contribution in [2.45, 2.75) is 31.9 Å². The largest absolute Gasteiger partial charge is 0.298 e. The van der Waals surface area contributed by atoms with Crippen molar-refractivity contribution in [1.29, 1.82) is 0 Å². The van der Waals surface area contributed by atoms with Gasteiger partial charge in [-0.1, -0.05) is 50.2 Å². The minimum absolute atomic E-state index is 0.0951. The molecule has 0 aliphatic carbocycles. The molecule has 1 aromatic heterocycles. The molecule has 0 unspecified atom stereocenters. The summed E-state index contributed by atoms with van der Waals surface area (Å²) in [7, 11) is -3.16. The molecule has 3 aromatic rings. The highest BCUT2D eigenvalue weighted by molar-refractivity contribution is 7.89. The fourth-order valence-corrected chi connectivity index (χ4v) is 4.46. The van der Waals surface area contributed by atoms with Crippen molar-refractivity contribution >= 4 is 32.2 Å². The van der Waals surface area contributed by atoms with Crippen LogP contribution in [0.2, 0.25) is 0 Å². The molecular formula is C22H24N2O3S2. The fraction of sp³-hybridized carbons (Fsp3) is 0.273. The van der Waals surface area contributed by atoms with Crippen LogP contribution in [0.25, 0.3) is 11.3 Å². The molecule has 1 amide bonds. The summed E-state index contributed by atoms with van der Waals surface area (Å²) in [5, 5.41) is 5.21. The first-order valence-corrected chi connectivity index (χ1v) is 12.3. The lowest BCUT2D eigenvalue weighted by Gasteiger charge is -2.09. The van der Waals surface area contributed by atoms with Gasteiger partial charge in [-0.15, -0.1) is 11.3 Å². The molecule has 1 atom stereocenters. The molecule has 2 aromatic carbocycles. The number of hydrogen-bond acceptors (Lipinski definition) is 5. The molecule has 0 radical (unpaired) electrons. The van der Waals surface area contributed by atoms with Gasteiger partial charge in [0.15, 0.2) is 15.0 Å². The van der Waals surface area contributed by atoms with E-state index < -0.39 is 9.84 Å². The van der Waals surface area contributed by atoms with Gasteiger partial charge in [0.1, 0.15) is 0 Å². The van der Waals surface area contributed by atoms with Gasteiger partial charge >= 0.3 is 0 Å². The molecule has 7 heteroatoms. The molecule has 29 heavy (non-hydrogen) atoms. The van der Waals surface area contributed by atoms with E-state index in [-0.39, 0.29) is 11.7 Å². The lowest BCUT2D eigenvalue weighted by Crippen LogP contribution is -2.12. The van der Waals surface area contributed by atoms with Crippen LogP contribution in [-0.4, -0.2) is 25.6 Å². The number of hydrogen-bond donors (Lipinski definition) is 1. The van der Waals surface area contributed by atoms with Crippen LogP contribution in [0.3, 0.4) is 0 Å². The maximum Gasteiger partial charge on any atom is 0.257 e. The van der Waals surface area contributed by atoms with Crippen molar-refractivity contribution < 1.29 is 13.2 Å². The molecule has 0 aliphatic heterocycles. The molecule has 1 N–H and O–H groups in total. The molecular weight excluding hydrogens is 404 g/mol. The van der Waals surface area contributed by atoms with Gasteiger partial charge in [-0.2, -0.15) is 0 Å². The summed E-state index contributed by atoms with van der Waals surface area (Å²) in [6.45, 7) is 4.38. The maximum absolute atomic E-state index is 12.5. The zero-order valence-electron chi connectivity index (χ0n) is 16.7. The van der Waals surface area contributed by atoms with Crippen LogP contribution < -0.4 is 5.32 Å². The molecule has 0 bridgehead atoms. The Balaban J connectivity index is 1.71. The van der Waals surface area contributed by atoms with Crippen LogP contribution >= 0.6 is 11.3 Å². The number of sulfone groups is 1. The smallest absolute Gasteiger partial charge is 0.257 e. The Morgan fingerprint density at radius 1 is 1.17 bits per heavy atom. The first-order chi connectivity index (χ1) is 13.7. The van der Waals surface area contributed by atoms with Crippen LogP contribution in [0.15, 0.2) is 53.9 Å². The molecule has 5 nitrogen and oxygen atoms in total. The normalized spacial score (nSPS) is 12.5. The predicted octanol–water partition coefficient (Wildman–Crippen LogP) is 5.12. The van der Waals surface area contributed by atoms with Crippen molar-refractivity contribution in [2.75, 3.05) is 11.6 Å². The number of benzene rings is 2. The number of carbonyl (C=O) groups excluding carboxylic acids is 1. The molecule has 0 saturated heterocycles. The topological polar surface area (TPSA) is 76.1 Å². The predicted molar refractivity (Wildman–Crippen MR) is 119 cm³/mol. The van der Waals surface area contributed by atoms with Crippen LogP contribution in [-0.2, 0) is 15.6 Å². The Kier molecular flexibility index (Phi) is 6.49. The number of amides is 1. The van der Waals surface area contributed by atoms with Crippen LogP contribution in [0.1, 0.15) is 47.7 Å². The van der Waals surface area contributed by atoms with Gasteiger partial charge in [0.25, 0.3) is 5.91 Å². The second-order valence-electron chi connectivity index (χ2n) is 7.19. The van der Waals surface area contributed by atoms with Gasteiger partial charge in [0.2, 0.25) is 0 Å². The first kappa shape index (κ1) is 21.2. The van der Waals surface area contributed by atoms with E-state index in [4.69, 9.17) is 0 Å². The summed E-state index contributed by atoms with van der Waals surface area (Å²) >= 11 is 1.36. The van der Waals surface area contributed by atoms with E-state index in [2.05, 4.69) is 48.4 Å². The number of aromatic nitrogens is 1. The van der Waals surface area contributed by atoms with E-state index in [0.29, 0.717) is 22.2 Å².